The first-order valence-corrected chi connectivity index (χ1v) is 10.8. The predicted molar refractivity (Wildman–Crippen MR) is 122 cm³/mol. The molecule has 3 N–H and O–H groups in total. The van der Waals surface area contributed by atoms with Gasteiger partial charge in [-0.3, -0.25) is 19.7 Å². The van der Waals surface area contributed by atoms with E-state index in [1.807, 2.05) is 0 Å². The molecule has 3 aromatic rings. The highest BCUT2D eigenvalue weighted by atomic mass is 32.1. The highest BCUT2D eigenvalue weighted by Gasteiger charge is 2.26. The molecule has 0 bridgehead atoms. The fourth-order valence-electron chi connectivity index (χ4n) is 3.10. The van der Waals surface area contributed by atoms with E-state index in [1.165, 1.54) is 30.3 Å². The third-order valence-corrected chi connectivity index (χ3v) is 5.93. The summed E-state index contributed by atoms with van der Waals surface area (Å²) in [5, 5.41) is 13.6. The largest absolute Gasteiger partial charge is 0.486 e. The number of nitro groups is 1. The van der Waals surface area contributed by atoms with Crippen LogP contribution in [0.2, 0.25) is 0 Å². The Labute approximate surface area is 197 Å². The highest BCUT2D eigenvalue weighted by molar-refractivity contribution is 7.18. The number of nitro benzene ring substituents is 1. The number of carbonyl (C=O) groups is 3. The topological polar surface area (TPSA) is 164 Å². The summed E-state index contributed by atoms with van der Waals surface area (Å²) in [4.78, 5) is 47.3. The van der Waals surface area contributed by atoms with Gasteiger partial charge in [-0.15, -0.1) is 11.3 Å². The van der Waals surface area contributed by atoms with Gasteiger partial charge in [0.25, 0.3) is 17.5 Å². The van der Waals surface area contributed by atoms with E-state index in [0.29, 0.717) is 22.6 Å². The van der Waals surface area contributed by atoms with Crippen LogP contribution in [0.3, 0.4) is 0 Å². The summed E-state index contributed by atoms with van der Waals surface area (Å²) in [6.07, 6.45) is 0. The number of aryl methyl sites for hydroxylation is 1. The fourth-order valence-corrected chi connectivity index (χ4v) is 4.15. The quantitative estimate of drug-likeness (QED) is 0.260. The van der Waals surface area contributed by atoms with E-state index in [-0.39, 0.29) is 40.1 Å². The molecule has 2 heterocycles. The van der Waals surface area contributed by atoms with Crippen molar-refractivity contribution in [3.8, 4) is 5.75 Å². The summed E-state index contributed by atoms with van der Waals surface area (Å²) < 4.78 is 16.1. The molecular formula is C22H21N3O8S. The fraction of sp³-hybridized carbons (Fsp3) is 0.227. The molecule has 0 radical (unpaired) electrons. The van der Waals surface area contributed by atoms with E-state index in [9.17, 15) is 24.5 Å². The number of nitrogens with one attached hydrogen (secondary N) is 1. The first-order chi connectivity index (χ1) is 16.1. The third kappa shape index (κ3) is 5.23. The van der Waals surface area contributed by atoms with Gasteiger partial charge in [0.15, 0.2) is 5.76 Å². The molecule has 0 saturated heterocycles. The number of carbonyl (C=O) groups excluding carboxylic acids is 3. The van der Waals surface area contributed by atoms with Crippen molar-refractivity contribution < 1.29 is 33.2 Å². The molecule has 2 amide bonds. The highest BCUT2D eigenvalue weighted by Crippen LogP contribution is 2.34. The molecule has 0 aliphatic heterocycles. The van der Waals surface area contributed by atoms with Crippen LogP contribution in [0.4, 0.5) is 10.7 Å². The van der Waals surface area contributed by atoms with Gasteiger partial charge >= 0.3 is 5.97 Å². The molecule has 34 heavy (non-hydrogen) atoms. The number of furan rings is 1. The van der Waals surface area contributed by atoms with Crippen LogP contribution in [0.25, 0.3) is 0 Å². The molecule has 0 atom stereocenters. The number of hydrogen-bond donors (Lipinski definition) is 2. The van der Waals surface area contributed by atoms with E-state index in [4.69, 9.17) is 19.6 Å². The van der Waals surface area contributed by atoms with Crippen molar-refractivity contribution in [1.82, 2.24) is 0 Å². The number of anilines is 1. The van der Waals surface area contributed by atoms with Crippen molar-refractivity contribution >= 4 is 39.8 Å². The lowest BCUT2D eigenvalue weighted by atomic mass is 10.1. The van der Waals surface area contributed by atoms with Gasteiger partial charge in [-0.2, -0.15) is 0 Å². The van der Waals surface area contributed by atoms with Crippen molar-refractivity contribution in [2.24, 2.45) is 5.73 Å². The van der Waals surface area contributed by atoms with Crippen LogP contribution in [-0.4, -0.2) is 29.3 Å². The number of nitrogens with two attached hydrogens (primary N) is 1. The molecule has 0 unspecified atom stereocenters. The number of primary amides is 1. The van der Waals surface area contributed by atoms with Gasteiger partial charge in [0.05, 0.1) is 22.0 Å². The summed E-state index contributed by atoms with van der Waals surface area (Å²) in [6.45, 7) is 4.87. The van der Waals surface area contributed by atoms with Gasteiger partial charge in [-0.05, 0) is 50.6 Å². The number of thiophene rings is 1. The minimum atomic E-state index is -0.729. The van der Waals surface area contributed by atoms with Crippen LogP contribution in [-0.2, 0) is 11.3 Å². The molecule has 3 rings (SSSR count). The molecule has 0 aliphatic rings. The molecule has 2 aromatic heterocycles. The number of hydrogen-bond acceptors (Lipinski definition) is 9. The Bertz CT molecular complexity index is 1280. The van der Waals surface area contributed by atoms with Gasteiger partial charge in [0.2, 0.25) is 0 Å². The van der Waals surface area contributed by atoms with Crippen LogP contribution in [0, 0.1) is 24.0 Å². The second-order valence-corrected chi connectivity index (χ2v) is 8.08. The maximum Gasteiger partial charge on any atom is 0.341 e. The van der Waals surface area contributed by atoms with Gasteiger partial charge in [0, 0.05) is 11.6 Å². The Balaban J connectivity index is 1.73. The minimum absolute atomic E-state index is 0.0187. The van der Waals surface area contributed by atoms with Crippen molar-refractivity contribution in [1.29, 1.82) is 0 Å². The van der Waals surface area contributed by atoms with E-state index >= 15 is 0 Å². The van der Waals surface area contributed by atoms with Crippen molar-refractivity contribution in [2.75, 3.05) is 11.9 Å². The summed E-state index contributed by atoms with van der Waals surface area (Å²) in [5.74, 6) is -1.40. The first kappa shape index (κ1) is 24.5. The molecular weight excluding hydrogens is 466 g/mol. The average molecular weight is 487 g/mol. The Kier molecular flexibility index (Phi) is 7.31. The molecule has 0 aliphatic carbocycles. The Morgan fingerprint density at radius 2 is 1.94 bits per heavy atom. The second kappa shape index (κ2) is 10.2. The number of amides is 2. The maximum absolute atomic E-state index is 12.7. The van der Waals surface area contributed by atoms with Gasteiger partial charge in [-0.1, -0.05) is 0 Å². The van der Waals surface area contributed by atoms with Crippen LogP contribution in [0.15, 0.2) is 34.7 Å². The normalized spacial score (nSPS) is 10.6. The van der Waals surface area contributed by atoms with Crippen LogP contribution >= 0.6 is 11.3 Å². The van der Waals surface area contributed by atoms with Crippen LogP contribution in [0.1, 0.15) is 54.4 Å². The number of nitrogens with zero attached hydrogens (tertiary/aromatic N) is 1. The zero-order valence-corrected chi connectivity index (χ0v) is 19.3. The van der Waals surface area contributed by atoms with Gasteiger partial charge in [0.1, 0.15) is 23.1 Å². The number of esters is 1. The van der Waals surface area contributed by atoms with Gasteiger partial charge < -0.3 is 24.9 Å². The van der Waals surface area contributed by atoms with Crippen molar-refractivity contribution in [3.63, 3.8) is 0 Å². The Morgan fingerprint density at radius 1 is 1.21 bits per heavy atom. The molecule has 0 saturated carbocycles. The predicted octanol–water partition coefficient (Wildman–Crippen LogP) is 3.97. The molecule has 178 valence electrons. The van der Waals surface area contributed by atoms with Crippen molar-refractivity contribution in [3.05, 3.63) is 73.5 Å². The SMILES string of the molecule is CCOC(=O)c1c(NC(=O)c2ccc(COc3ccc([N+](=O)[O-])c(C)c3)o2)sc(C(N)=O)c1C. The zero-order valence-electron chi connectivity index (χ0n) is 18.5. The van der Waals surface area contributed by atoms with E-state index in [0.717, 1.165) is 11.3 Å². The van der Waals surface area contributed by atoms with E-state index in [1.54, 1.807) is 20.8 Å². The first-order valence-electron chi connectivity index (χ1n) is 10.0. The van der Waals surface area contributed by atoms with Crippen LogP contribution in [0.5, 0.6) is 5.75 Å². The summed E-state index contributed by atoms with van der Waals surface area (Å²) in [6, 6.07) is 7.30. The van der Waals surface area contributed by atoms with Gasteiger partial charge in [-0.25, -0.2) is 4.79 Å². The Hall–Kier alpha value is -4.19. The third-order valence-electron chi connectivity index (χ3n) is 4.71. The summed E-state index contributed by atoms with van der Waals surface area (Å²) in [5.41, 5.74) is 6.17. The van der Waals surface area contributed by atoms with E-state index < -0.39 is 22.7 Å². The molecule has 12 heteroatoms. The zero-order chi connectivity index (χ0) is 25.0. The molecule has 0 fully saturated rings. The van der Waals surface area contributed by atoms with Crippen LogP contribution < -0.4 is 15.8 Å². The molecule has 11 nitrogen and oxygen atoms in total. The smallest absolute Gasteiger partial charge is 0.341 e. The Morgan fingerprint density at radius 3 is 2.56 bits per heavy atom. The van der Waals surface area contributed by atoms with E-state index in [2.05, 4.69) is 5.32 Å². The monoisotopic (exact) mass is 487 g/mol. The standard InChI is InChI=1S/C22H21N3O8S/c1-4-31-22(28)17-12(3)18(19(23)26)34-21(17)24-20(27)16-8-6-14(33-16)10-32-13-5-7-15(25(29)30)11(2)9-13/h5-9H,4,10H2,1-3H3,(H2,23,26)(H,24,27). The lowest BCUT2D eigenvalue weighted by Crippen LogP contribution is -2.14. The lowest BCUT2D eigenvalue weighted by molar-refractivity contribution is -0.385. The second-order valence-electron chi connectivity index (χ2n) is 7.06. The average Bonchev–Trinajstić information content (AvgIpc) is 3.37. The summed E-state index contributed by atoms with van der Waals surface area (Å²) >= 11 is 0.869. The number of ether oxygens (including phenoxy) is 2. The lowest BCUT2D eigenvalue weighted by Gasteiger charge is -2.06. The molecule has 0 spiro atoms. The summed E-state index contributed by atoms with van der Waals surface area (Å²) in [7, 11) is 0. The minimum Gasteiger partial charge on any atom is -0.486 e. The number of benzene rings is 1. The van der Waals surface area contributed by atoms with Crippen molar-refractivity contribution in [2.45, 2.75) is 27.4 Å². The maximum atomic E-state index is 12.7. The molecule has 1 aromatic carbocycles. The number of rotatable bonds is 9.